The standard InChI is InChI=1S/C43H66N7O18P3S/c1-23(27-8-9-28-26-7-6-24-18-25(51)10-13-42(24,4)29(26)11-14-43(27,28)5)40(56)72-17-16-45-31(52)12-15-46-38(55)35(54)41(2,3)20-65-71(62,63)68-70(60,61)64-19-30-34(67-69(57,58)59)33(53)39(66-30)50-22-49-32-36(44)47-21-48-37(32)50/h18,21-23,26-30,33-35,39,53-54H,6-17,19-20H2,1-5H3,(H,45,52)(H,46,55)(H,60,61)(H,62,63)(H2,44,47,48)(H2,57,58,59)/t23-,26-,27+,28-,29-,30+,33+,34+,35+,39-,42-,43+/m0/s1. The zero-order valence-electron chi connectivity index (χ0n) is 40.6. The number of fused-ring (bicyclic) bond motifs is 6. The number of nitrogens with one attached hydrogen (secondary N) is 2. The van der Waals surface area contributed by atoms with Crippen LogP contribution in [0.3, 0.4) is 0 Å². The van der Waals surface area contributed by atoms with Gasteiger partial charge in [0.25, 0.3) is 0 Å². The highest BCUT2D eigenvalue weighted by atomic mass is 32.2. The molecule has 25 nitrogen and oxygen atoms in total. The molecule has 5 aliphatic rings. The molecule has 2 aromatic heterocycles. The second-order valence-corrected chi connectivity index (χ2v) is 26.1. The molecule has 2 unspecified atom stereocenters. The van der Waals surface area contributed by atoms with E-state index in [1.165, 1.54) is 31.2 Å². The van der Waals surface area contributed by atoms with Crippen LogP contribution < -0.4 is 16.4 Å². The number of rotatable bonds is 21. The first-order valence-corrected chi connectivity index (χ1v) is 29.4. The molecule has 3 saturated carbocycles. The van der Waals surface area contributed by atoms with Crippen molar-refractivity contribution in [3.63, 3.8) is 0 Å². The van der Waals surface area contributed by atoms with Gasteiger partial charge in [-0.3, -0.25) is 37.3 Å². The van der Waals surface area contributed by atoms with Gasteiger partial charge in [-0.15, -0.1) is 0 Å². The van der Waals surface area contributed by atoms with Gasteiger partial charge in [0, 0.05) is 43.0 Å². The van der Waals surface area contributed by atoms with Gasteiger partial charge in [-0.25, -0.2) is 28.6 Å². The number of aliphatic hydroxyl groups is 2. The molecular weight excluding hydrogens is 1030 g/mol. The summed E-state index contributed by atoms with van der Waals surface area (Å²) in [5, 5.41) is 27.0. The minimum Gasteiger partial charge on any atom is -0.386 e. The normalized spacial score (nSPS) is 32.1. The van der Waals surface area contributed by atoms with Gasteiger partial charge in [-0.2, -0.15) is 4.31 Å². The number of nitrogens with zero attached hydrogens (tertiary/aromatic N) is 4. The lowest BCUT2D eigenvalue weighted by atomic mass is 9.46. The molecule has 1 saturated heterocycles. The zero-order chi connectivity index (χ0) is 52.8. The third-order valence-corrected chi connectivity index (χ3v) is 19.9. The van der Waals surface area contributed by atoms with Gasteiger partial charge in [0.05, 0.1) is 19.5 Å². The predicted octanol–water partition coefficient (Wildman–Crippen LogP) is 3.45. The molecule has 4 fully saturated rings. The number of aromatic nitrogens is 4. The van der Waals surface area contributed by atoms with E-state index in [9.17, 15) is 62.7 Å². The molecule has 4 aliphatic carbocycles. The molecule has 0 bridgehead atoms. The summed E-state index contributed by atoms with van der Waals surface area (Å²) in [4.78, 5) is 103. The number of carbonyl (C=O) groups is 4. The van der Waals surface area contributed by atoms with Crippen LogP contribution in [-0.2, 0) is 55.5 Å². The number of ketones is 1. The topological polar surface area (TPSA) is 381 Å². The van der Waals surface area contributed by atoms with Crippen molar-refractivity contribution in [3.8, 4) is 0 Å². The lowest BCUT2D eigenvalue weighted by molar-refractivity contribution is -0.137. The van der Waals surface area contributed by atoms with Gasteiger partial charge in [0.2, 0.25) is 11.8 Å². The number of amides is 2. The molecule has 0 spiro atoms. The molecule has 2 aromatic rings. The number of phosphoric ester groups is 3. The lowest BCUT2D eigenvalue weighted by Crippen LogP contribution is -2.51. The van der Waals surface area contributed by atoms with Crippen LogP contribution in [0.4, 0.5) is 5.82 Å². The number of hydrogen-bond acceptors (Lipinski definition) is 19. The summed E-state index contributed by atoms with van der Waals surface area (Å²) in [6.45, 7) is 7.31. The summed E-state index contributed by atoms with van der Waals surface area (Å²) in [6, 6.07) is 0. The average Bonchev–Trinajstić information content (AvgIpc) is 3.98. The number of anilines is 1. The first-order valence-electron chi connectivity index (χ1n) is 23.9. The number of carbonyl (C=O) groups excluding carboxylic acids is 4. The summed E-state index contributed by atoms with van der Waals surface area (Å²) in [5.74, 6) is 1.04. The first-order chi connectivity index (χ1) is 33.6. The van der Waals surface area contributed by atoms with E-state index in [2.05, 4.69) is 48.3 Å². The summed E-state index contributed by atoms with van der Waals surface area (Å²) in [6.07, 6.45) is 2.94. The van der Waals surface area contributed by atoms with Crippen molar-refractivity contribution in [2.75, 3.05) is 37.8 Å². The number of imidazole rings is 1. The summed E-state index contributed by atoms with van der Waals surface area (Å²) in [7, 11) is -16.5. The molecule has 72 heavy (non-hydrogen) atoms. The Labute approximate surface area is 420 Å². The third kappa shape index (κ3) is 12.5. The second kappa shape index (κ2) is 21.9. The molecule has 7 rings (SSSR count). The van der Waals surface area contributed by atoms with E-state index < -0.39 is 84.6 Å². The van der Waals surface area contributed by atoms with Crippen LogP contribution in [0.25, 0.3) is 11.2 Å². The minimum atomic E-state index is -5.59. The Morgan fingerprint density at radius 3 is 2.43 bits per heavy atom. The number of thioether (sulfide) groups is 1. The molecule has 0 aromatic carbocycles. The number of aliphatic hydroxyl groups excluding tert-OH is 2. The lowest BCUT2D eigenvalue weighted by Gasteiger charge is -2.58. The molecular formula is C43H66N7O18P3S. The maximum atomic E-state index is 13.5. The monoisotopic (exact) mass is 1090 g/mol. The van der Waals surface area contributed by atoms with E-state index in [0.29, 0.717) is 29.9 Å². The molecule has 29 heteroatoms. The van der Waals surface area contributed by atoms with Gasteiger partial charge in [-0.1, -0.05) is 52.0 Å². The highest BCUT2D eigenvalue weighted by molar-refractivity contribution is 8.13. The van der Waals surface area contributed by atoms with Gasteiger partial charge in [0.1, 0.15) is 36.3 Å². The maximum Gasteiger partial charge on any atom is 0.481 e. The van der Waals surface area contributed by atoms with Crippen molar-refractivity contribution in [3.05, 3.63) is 24.3 Å². The highest BCUT2D eigenvalue weighted by Crippen LogP contribution is 2.68. The van der Waals surface area contributed by atoms with Gasteiger partial charge in [0.15, 0.2) is 28.6 Å². The fourth-order valence-corrected chi connectivity index (χ4v) is 15.7. The Hall–Kier alpha value is -3.03. The molecule has 0 radical (unpaired) electrons. The van der Waals surface area contributed by atoms with Crippen LogP contribution >= 0.6 is 35.2 Å². The predicted molar refractivity (Wildman–Crippen MR) is 256 cm³/mol. The van der Waals surface area contributed by atoms with E-state index in [-0.39, 0.29) is 70.1 Å². The van der Waals surface area contributed by atoms with Crippen molar-refractivity contribution in [1.29, 1.82) is 0 Å². The molecule has 3 heterocycles. The van der Waals surface area contributed by atoms with Crippen LogP contribution in [0.1, 0.15) is 98.6 Å². The van der Waals surface area contributed by atoms with E-state index >= 15 is 0 Å². The van der Waals surface area contributed by atoms with Gasteiger partial charge >= 0.3 is 23.5 Å². The Kier molecular flexibility index (Phi) is 17.2. The van der Waals surface area contributed by atoms with E-state index in [4.69, 9.17) is 19.5 Å². The molecule has 10 N–H and O–H groups in total. The zero-order valence-corrected chi connectivity index (χ0v) is 44.1. The van der Waals surface area contributed by atoms with Crippen molar-refractivity contribution >= 4 is 74.9 Å². The van der Waals surface area contributed by atoms with Crippen LogP contribution in [0.15, 0.2) is 24.3 Å². The van der Waals surface area contributed by atoms with Crippen molar-refractivity contribution in [1.82, 2.24) is 30.2 Å². The third-order valence-electron chi connectivity index (χ3n) is 15.8. The number of hydrogen-bond donors (Lipinski definition) is 9. The fourth-order valence-electron chi connectivity index (χ4n) is 12.0. The SMILES string of the molecule is C[C@H](C(=O)SCCNC(=O)CCNC(=O)[C@@H](O)C(C)(C)COP(=O)(O)OP(=O)(O)OC[C@H]1O[C@H](n2cnc3c(N)ncnc32)[C@H](O)[C@@H]1OP(=O)(O)O)[C@H]1CC[C@H]2[C@@H]3CCC4=CC(=O)CC[C@]4(C)[C@H]3CC[C@]12C. The van der Waals surface area contributed by atoms with E-state index in [1.807, 2.05) is 13.0 Å². The van der Waals surface area contributed by atoms with E-state index in [1.54, 1.807) is 0 Å². The number of allylic oxidation sites excluding steroid dienone is 1. The molecule has 1 aliphatic heterocycles. The van der Waals surface area contributed by atoms with Crippen molar-refractivity contribution in [2.24, 2.45) is 45.8 Å². The summed E-state index contributed by atoms with van der Waals surface area (Å²) < 4.78 is 62.8. The van der Waals surface area contributed by atoms with Crippen molar-refractivity contribution in [2.45, 2.75) is 123 Å². The number of nitrogens with two attached hydrogens (primary N) is 1. The number of phosphoric acid groups is 3. The van der Waals surface area contributed by atoms with Gasteiger partial charge in [-0.05, 0) is 85.5 Å². The number of nitrogen functional groups attached to an aromatic ring is 1. The minimum absolute atomic E-state index is 0.0304. The van der Waals surface area contributed by atoms with Crippen LogP contribution in [0.5, 0.6) is 0 Å². The summed E-state index contributed by atoms with van der Waals surface area (Å²) >= 11 is 1.20. The Morgan fingerprint density at radius 1 is 0.986 bits per heavy atom. The molecule has 2 amide bonds. The van der Waals surface area contributed by atoms with Crippen LogP contribution in [0.2, 0.25) is 0 Å². The molecule has 402 valence electrons. The van der Waals surface area contributed by atoms with Crippen LogP contribution in [-0.4, -0.2) is 128 Å². The average molecular weight is 1090 g/mol. The van der Waals surface area contributed by atoms with Gasteiger partial charge < -0.3 is 50.9 Å². The quantitative estimate of drug-likeness (QED) is 0.0638. The van der Waals surface area contributed by atoms with Crippen molar-refractivity contribution < 1.29 is 85.3 Å². The fraction of sp³-hybridized carbons (Fsp3) is 0.744. The molecule has 14 atom stereocenters. The highest BCUT2D eigenvalue weighted by Gasteiger charge is 2.60. The second-order valence-electron chi connectivity index (χ2n) is 20.7. The number of ether oxygens (including phenoxy) is 1. The Bertz CT molecular complexity index is 2570. The smallest absolute Gasteiger partial charge is 0.386 e. The summed E-state index contributed by atoms with van der Waals surface area (Å²) in [5.41, 5.74) is 5.79. The maximum absolute atomic E-state index is 13.5. The Morgan fingerprint density at radius 2 is 1.71 bits per heavy atom. The Balaban J connectivity index is 0.803. The largest absolute Gasteiger partial charge is 0.481 e. The first kappa shape index (κ1) is 56.7. The van der Waals surface area contributed by atoms with Crippen LogP contribution in [0, 0.1) is 45.8 Å². The van der Waals surface area contributed by atoms with E-state index in [0.717, 1.165) is 62.2 Å².